The lowest BCUT2D eigenvalue weighted by molar-refractivity contribution is -0.0514. The third-order valence-electron chi connectivity index (χ3n) is 2.35. The number of ether oxygens (including phenoxy) is 2. The van der Waals surface area contributed by atoms with E-state index >= 15 is 0 Å². The normalized spacial score (nSPS) is 12.6. The van der Waals surface area contributed by atoms with Crippen molar-refractivity contribution in [1.29, 1.82) is 0 Å². The van der Waals surface area contributed by atoms with Gasteiger partial charge in [0.1, 0.15) is 0 Å². The van der Waals surface area contributed by atoms with E-state index < -0.39 is 6.61 Å². The van der Waals surface area contributed by atoms with Crippen molar-refractivity contribution >= 4 is 0 Å². The summed E-state index contributed by atoms with van der Waals surface area (Å²) < 4.78 is 33.9. The van der Waals surface area contributed by atoms with E-state index in [1.54, 1.807) is 19.1 Å². The Labute approximate surface area is 104 Å². The Morgan fingerprint density at radius 3 is 2.61 bits per heavy atom. The van der Waals surface area contributed by atoms with Crippen LogP contribution in [0.4, 0.5) is 8.78 Å². The van der Waals surface area contributed by atoms with E-state index in [2.05, 4.69) is 4.74 Å². The second-order valence-corrected chi connectivity index (χ2v) is 3.64. The van der Waals surface area contributed by atoms with Gasteiger partial charge in [0.05, 0.1) is 6.61 Å². The van der Waals surface area contributed by atoms with Gasteiger partial charge in [-0.1, -0.05) is 6.07 Å². The third-order valence-corrected chi connectivity index (χ3v) is 2.35. The van der Waals surface area contributed by atoms with Crippen LogP contribution in [0.2, 0.25) is 0 Å². The average molecular weight is 261 g/mol. The summed E-state index contributed by atoms with van der Waals surface area (Å²) in [5, 5.41) is 8.81. The number of aliphatic hydroxyl groups excluding tert-OH is 1. The molecule has 3 N–H and O–H groups in total. The lowest BCUT2D eigenvalue weighted by Crippen LogP contribution is -2.12. The zero-order valence-electron chi connectivity index (χ0n) is 10.1. The number of halogens is 2. The summed E-state index contributed by atoms with van der Waals surface area (Å²) in [7, 11) is 0. The van der Waals surface area contributed by atoms with Gasteiger partial charge in [-0.15, -0.1) is 0 Å². The molecule has 0 saturated carbocycles. The molecule has 0 saturated heterocycles. The molecule has 0 amide bonds. The van der Waals surface area contributed by atoms with Crippen LogP contribution >= 0.6 is 0 Å². The van der Waals surface area contributed by atoms with E-state index in [9.17, 15) is 8.78 Å². The van der Waals surface area contributed by atoms with Crippen LogP contribution in [0.1, 0.15) is 24.9 Å². The fraction of sp³-hybridized carbons (Fsp3) is 0.500. The van der Waals surface area contributed by atoms with Crippen LogP contribution in [0.5, 0.6) is 11.5 Å². The Kier molecular flexibility index (Phi) is 5.80. The SMILES string of the molecule is CCOc1cc(C(N)CCO)ccc1OC(F)F. The second kappa shape index (κ2) is 7.13. The van der Waals surface area contributed by atoms with Crippen LogP contribution < -0.4 is 15.2 Å². The molecule has 0 aliphatic heterocycles. The molecule has 1 rings (SSSR count). The van der Waals surface area contributed by atoms with E-state index in [-0.39, 0.29) is 24.1 Å². The van der Waals surface area contributed by atoms with Crippen molar-refractivity contribution in [3.8, 4) is 11.5 Å². The summed E-state index contributed by atoms with van der Waals surface area (Å²) in [6.07, 6.45) is 0.390. The van der Waals surface area contributed by atoms with Crippen molar-refractivity contribution in [2.75, 3.05) is 13.2 Å². The number of alkyl halides is 2. The smallest absolute Gasteiger partial charge is 0.387 e. The van der Waals surface area contributed by atoms with Crippen molar-refractivity contribution in [1.82, 2.24) is 0 Å². The summed E-state index contributed by atoms with van der Waals surface area (Å²) in [6.45, 7) is -0.869. The Balaban J connectivity index is 2.94. The van der Waals surface area contributed by atoms with Gasteiger partial charge in [-0.05, 0) is 31.0 Å². The molecule has 0 aliphatic rings. The topological polar surface area (TPSA) is 64.7 Å². The molecule has 1 unspecified atom stereocenters. The van der Waals surface area contributed by atoms with Gasteiger partial charge >= 0.3 is 6.61 Å². The van der Waals surface area contributed by atoms with Crippen molar-refractivity contribution in [2.45, 2.75) is 26.0 Å². The minimum Gasteiger partial charge on any atom is -0.490 e. The first-order chi connectivity index (χ1) is 8.58. The number of hydrogen-bond donors (Lipinski definition) is 2. The van der Waals surface area contributed by atoms with Gasteiger partial charge < -0.3 is 20.3 Å². The highest BCUT2D eigenvalue weighted by atomic mass is 19.3. The maximum atomic E-state index is 12.2. The van der Waals surface area contributed by atoms with Gasteiger partial charge in [0, 0.05) is 12.6 Å². The Hall–Kier alpha value is -1.40. The molecule has 0 aliphatic carbocycles. The summed E-state index contributed by atoms with van der Waals surface area (Å²) in [4.78, 5) is 0. The number of nitrogens with two attached hydrogens (primary N) is 1. The monoisotopic (exact) mass is 261 g/mol. The number of rotatable bonds is 7. The highest BCUT2D eigenvalue weighted by Gasteiger charge is 2.14. The van der Waals surface area contributed by atoms with Crippen LogP contribution in [-0.4, -0.2) is 24.9 Å². The predicted molar refractivity (Wildman–Crippen MR) is 62.9 cm³/mol. The zero-order chi connectivity index (χ0) is 13.5. The van der Waals surface area contributed by atoms with Crippen LogP contribution in [0, 0.1) is 0 Å². The van der Waals surface area contributed by atoms with E-state index in [0.717, 1.165) is 0 Å². The van der Waals surface area contributed by atoms with Crippen LogP contribution in [0.3, 0.4) is 0 Å². The first-order valence-electron chi connectivity index (χ1n) is 5.66. The van der Waals surface area contributed by atoms with Crippen molar-refractivity contribution in [2.24, 2.45) is 5.73 Å². The first-order valence-corrected chi connectivity index (χ1v) is 5.66. The molecule has 1 atom stereocenters. The molecule has 0 radical (unpaired) electrons. The molecule has 102 valence electrons. The fourth-order valence-corrected chi connectivity index (χ4v) is 1.52. The van der Waals surface area contributed by atoms with Crippen molar-refractivity contribution < 1.29 is 23.4 Å². The highest BCUT2D eigenvalue weighted by Crippen LogP contribution is 2.31. The maximum absolute atomic E-state index is 12.2. The summed E-state index contributed by atoms with van der Waals surface area (Å²) >= 11 is 0. The summed E-state index contributed by atoms with van der Waals surface area (Å²) in [5.74, 6) is 0.204. The summed E-state index contributed by atoms with van der Waals surface area (Å²) in [6, 6.07) is 4.17. The minimum atomic E-state index is -2.90. The van der Waals surface area contributed by atoms with Gasteiger partial charge in [0.2, 0.25) is 0 Å². The fourth-order valence-electron chi connectivity index (χ4n) is 1.52. The number of hydrogen-bond acceptors (Lipinski definition) is 4. The molecule has 4 nitrogen and oxygen atoms in total. The molecule has 0 aromatic heterocycles. The first kappa shape index (κ1) is 14.7. The molecular weight excluding hydrogens is 244 g/mol. The van der Waals surface area contributed by atoms with Crippen LogP contribution in [0.15, 0.2) is 18.2 Å². The molecule has 0 heterocycles. The van der Waals surface area contributed by atoms with Gasteiger partial charge in [-0.3, -0.25) is 0 Å². The van der Waals surface area contributed by atoms with Gasteiger partial charge in [-0.25, -0.2) is 0 Å². The molecule has 0 spiro atoms. The predicted octanol–water partition coefficient (Wildman–Crippen LogP) is 2.07. The van der Waals surface area contributed by atoms with Crippen molar-refractivity contribution in [3.05, 3.63) is 23.8 Å². The Morgan fingerprint density at radius 1 is 1.33 bits per heavy atom. The molecule has 0 fully saturated rings. The quantitative estimate of drug-likeness (QED) is 0.788. The van der Waals surface area contributed by atoms with Crippen LogP contribution in [0.25, 0.3) is 0 Å². The largest absolute Gasteiger partial charge is 0.490 e. The summed E-state index contributed by atoms with van der Waals surface area (Å²) in [5.41, 5.74) is 6.52. The number of benzene rings is 1. The van der Waals surface area contributed by atoms with Crippen molar-refractivity contribution in [3.63, 3.8) is 0 Å². The van der Waals surface area contributed by atoms with E-state index in [0.29, 0.717) is 18.6 Å². The minimum absolute atomic E-state index is 0.0215. The van der Waals surface area contributed by atoms with E-state index in [4.69, 9.17) is 15.6 Å². The Morgan fingerprint density at radius 2 is 2.06 bits per heavy atom. The molecule has 0 bridgehead atoms. The van der Waals surface area contributed by atoms with E-state index in [1.807, 2.05) is 0 Å². The second-order valence-electron chi connectivity index (χ2n) is 3.64. The lowest BCUT2D eigenvalue weighted by atomic mass is 10.0. The van der Waals surface area contributed by atoms with E-state index in [1.165, 1.54) is 6.07 Å². The third kappa shape index (κ3) is 4.12. The molecule has 6 heteroatoms. The molecule has 18 heavy (non-hydrogen) atoms. The molecule has 1 aromatic rings. The van der Waals surface area contributed by atoms with Gasteiger partial charge in [-0.2, -0.15) is 8.78 Å². The Bertz CT molecular complexity index is 374. The standard InChI is InChI=1S/C12H17F2NO3/c1-2-17-11-7-8(9(15)5-6-16)3-4-10(11)18-12(13)14/h3-4,7,9,12,16H,2,5-6,15H2,1H3. The maximum Gasteiger partial charge on any atom is 0.387 e. The zero-order valence-corrected chi connectivity index (χ0v) is 10.1. The molecule has 1 aromatic carbocycles. The van der Waals surface area contributed by atoms with Gasteiger partial charge in [0.25, 0.3) is 0 Å². The number of aliphatic hydroxyl groups is 1. The lowest BCUT2D eigenvalue weighted by Gasteiger charge is -2.15. The van der Waals surface area contributed by atoms with Crippen LogP contribution in [-0.2, 0) is 0 Å². The van der Waals surface area contributed by atoms with Gasteiger partial charge in [0.15, 0.2) is 11.5 Å². The highest BCUT2D eigenvalue weighted by molar-refractivity contribution is 5.43. The average Bonchev–Trinajstić information content (AvgIpc) is 2.31. The molecular formula is C12H17F2NO3.